The highest BCUT2D eigenvalue weighted by atomic mass is 16.5. The summed E-state index contributed by atoms with van der Waals surface area (Å²) >= 11 is 0. The summed E-state index contributed by atoms with van der Waals surface area (Å²) in [5.41, 5.74) is 6.74. The van der Waals surface area contributed by atoms with Gasteiger partial charge in [0.25, 0.3) is 0 Å². The summed E-state index contributed by atoms with van der Waals surface area (Å²) < 4.78 is 4.80. The number of benzene rings is 1. The maximum absolute atomic E-state index is 11.5. The molecule has 0 aromatic heterocycles. The van der Waals surface area contributed by atoms with E-state index in [2.05, 4.69) is 4.99 Å². The van der Waals surface area contributed by atoms with E-state index in [4.69, 9.17) is 10.5 Å². The highest BCUT2D eigenvalue weighted by Gasteiger charge is 2.11. The number of rotatable bonds is 4. The zero-order chi connectivity index (χ0) is 13.5. The van der Waals surface area contributed by atoms with Crippen LogP contribution in [0.3, 0.4) is 0 Å². The Morgan fingerprint density at radius 3 is 2.72 bits per heavy atom. The summed E-state index contributed by atoms with van der Waals surface area (Å²) in [6.45, 7) is 3.32. The molecule has 0 heterocycles. The van der Waals surface area contributed by atoms with Gasteiger partial charge in [-0.1, -0.05) is 12.1 Å². The number of nitrogen functional groups attached to an aromatic ring is 1. The number of nitrogens with two attached hydrogens (primary N) is 1. The fourth-order valence-corrected chi connectivity index (χ4v) is 1.24. The molecule has 0 saturated carbocycles. The van der Waals surface area contributed by atoms with Gasteiger partial charge in [0.2, 0.25) is 0 Å². The van der Waals surface area contributed by atoms with Gasteiger partial charge >= 0.3 is 5.97 Å². The number of hydrogen-bond donors (Lipinski definition) is 2. The van der Waals surface area contributed by atoms with E-state index in [-0.39, 0.29) is 17.9 Å². The summed E-state index contributed by atoms with van der Waals surface area (Å²) in [5.74, 6) is -0.762. The molecule has 0 fully saturated rings. The lowest BCUT2D eigenvalue weighted by atomic mass is 10.2. The van der Waals surface area contributed by atoms with Crippen LogP contribution >= 0.6 is 0 Å². The fourth-order valence-electron chi connectivity index (χ4n) is 1.24. The number of carbonyl (C=O) groups is 1. The highest BCUT2D eigenvalue weighted by molar-refractivity contribution is 6.10. The first kappa shape index (κ1) is 13.8. The van der Waals surface area contributed by atoms with Gasteiger partial charge in [-0.15, -0.1) is 0 Å². The zero-order valence-corrected chi connectivity index (χ0v) is 10.4. The van der Waals surface area contributed by atoms with Gasteiger partial charge in [0.05, 0.1) is 18.0 Å². The van der Waals surface area contributed by atoms with Gasteiger partial charge < -0.3 is 15.6 Å². The number of aliphatic imine (C=N–C) groups is 1. The van der Waals surface area contributed by atoms with Crippen molar-refractivity contribution in [1.29, 1.82) is 0 Å². The van der Waals surface area contributed by atoms with Crippen LogP contribution in [0.1, 0.15) is 13.8 Å². The maximum Gasteiger partial charge on any atom is 0.343 e. The molecule has 0 aliphatic rings. The molecule has 0 spiro atoms. The summed E-state index contributed by atoms with van der Waals surface area (Å²) in [7, 11) is 0. The van der Waals surface area contributed by atoms with Crippen LogP contribution in [0.5, 0.6) is 0 Å². The van der Waals surface area contributed by atoms with Gasteiger partial charge in [-0.05, 0) is 26.0 Å². The van der Waals surface area contributed by atoms with Crippen LogP contribution in [0, 0.1) is 0 Å². The third-order valence-corrected chi connectivity index (χ3v) is 2.15. The molecule has 3 N–H and O–H groups in total. The number of carbonyl (C=O) groups excluding carboxylic acids is 1. The molecule has 0 unspecified atom stereocenters. The predicted octanol–water partition coefficient (Wildman–Crippen LogP) is 2.37. The normalized spacial score (nSPS) is 12.3. The zero-order valence-electron chi connectivity index (χ0n) is 10.4. The number of anilines is 1. The van der Waals surface area contributed by atoms with Gasteiger partial charge in [-0.2, -0.15) is 0 Å². The molecule has 1 aromatic rings. The van der Waals surface area contributed by atoms with Gasteiger partial charge in [-0.25, -0.2) is 4.79 Å². The molecule has 0 amide bonds. The van der Waals surface area contributed by atoms with E-state index in [9.17, 15) is 9.90 Å². The van der Waals surface area contributed by atoms with Crippen LogP contribution in [0.15, 0.2) is 40.6 Å². The fraction of sp³-hybridized carbons (Fsp3) is 0.231. The van der Waals surface area contributed by atoms with Crippen LogP contribution in [0.2, 0.25) is 0 Å². The molecule has 0 aliphatic heterocycles. The minimum atomic E-state index is -0.615. The Kier molecular flexibility index (Phi) is 4.92. The van der Waals surface area contributed by atoms with Crippen molar-refractivity contribution in [3.05, 3.63) is 35.6 Å². The molecule has 1 aromatic carbocycles. The molecule has 18 heavy (non-hydrogen) atoms. The van der Waals surface area contributed by atoms with Crippen molar-refractivity contribution in [3.63, 3.8) is 0 Å². The molecule has 0 radical (unpaired) electrons. The number of hydrogen-bond acceptors (Lipinski definition) is 5. The smallest absolute Gasteiger partial charge is 0.343 e. The van der Waals surface area contributed by atoms with Crippen molar-refractivity contribution < 1.29 is 14.6 Å². The standard InChI is InChI=1S/C13H16N2O3/c1-3-18-13(17)10(9(2)16)8-15-12-7-5-4-6-11(12)14/h4-8,16H,3,14H2,1-2H3. The number of aliphatic hydroxyl groups is 1. The largest absolute Gasteiger partial charge is 0.512 e. The molecule has 0 atom stereocenters. The van der Waals surface area contributed by atoms with Crippen LogP contribution in [-0.4, -0.2) is 23.9 Å². The average Bonchev–Trinajstić information content (AvgIpc) is 2.31. The van der Waals surface area contributed by atoms with Crippen LogP contribution in [0.25, 0.3) is 0 Å². The topological polar surface area (TPSA) is 84.9 Å². The summed E-state index contributed by atoms with van der Waals surface area (Å²) in [6.07, 6.45) is 1.25. The van der Waals surface area contributed by atoms with Crippen molar-refractivity contribution in [2.45, 2.75) is 13.8 Å². The van der Waals surface area contributed by atoms with Crippen molar-refractivity contribution in [2.24, 2.45) is 4.99 Å². The second-order valence-corrected chi connectivity index (χ2v) is 3.54. The molecular formula is C13H16N2O3. The Balaban J connectivity index is 2.96. The number of esters is 1. The van der Waals surface area contributed by atoms with Crippen LogP contribution < -0.4 is 5.73 Å². The second kappa shape index (κ2) is 6.44. The maximum atomic E-state index is 11.5. The summed E-state index contributed by atoms with van der Waals surface area (Å²) in [5, 5.41) is 9.41. The molecule has 0 aliphatic carbocycles. The van der Waals surface area contributed by atoms with E-state index in [0.29, 0.717) is 11.4 Å². The van der Waals surface area contributed by atoms with Gasteiger partial charge in [0.1, 0.15) is 11.3 Å². The van der Waals surface area contributed by atoms with Gasteiger partial charge in [-0.3, -0.25) is 4.99 Å². The number of para-hydroxylation sites is 2. The van der Waals surface area contributed by atoms with E-state index in [0.717, 1.165) is 0 Å². The Bertz CT molecular complexity index is 489. The quantitative estimate of drug-likeness (QED) is 0.281. The van der Waals surface area contributed by atoms with Crippen molar-refractivity contribution in [2.75, 3.05) is 12.3 Å². The van der Waals surface area contributed by atoms with Crippen molar-refractivity contribution in [3.8, 4) is 0 Å². The molecule has 1 rings (SSSR count). The van der Waals surface area contributed by atoms with Crippen molar-refractivity contribution in [1.82, 2.24) is 0 Å². The van der Waals surface area contributed by atoms with Crippen molar-refractivity contribution >= 4 is 23.6 Å². The third-order valence-electron chi connectivity index (χ3n) is 2.15. The highest BCUT2D eigenvalue weighted by Crippen LogP contribution is 2.20. The number of ether oxygens (including phenoxy) is 1. The molecular weight excluding hydrogens is 232 g/mol. The minimum Gasteiger partial charge on any atom is -0.512 e. The Hall–Kier alpha value is -2.30. The average molecular weight is 248 g/mol. The van der Waals surface area contributed by atoms with E-state index in [1.807, 2.05) is 0 Å². The first-order chi connectivity index (χ1) is 8.56. The monoisotopic (exact) mass is 248 g/mol. The number of allylic oxidation sites excluding steroid dienone is 1. The Morgan fingerprint density at radius 2 is 2.17 bits per heavy atom. The molecule has 5 nitrogen and oxygen atoms in total. The van der Waals surface area contributed by atoms with Gasteiger partial charge in [0, 0.05) is 6.21 Å². The number of aliphatic hydroxyl groups excluding tert-OH is 1. The first-order valence-electron chi connectivity index (χ1n) is 5.51. The van der Waals surface area contributed by atoms with Gasteiger partial charge in [0.15, 0.2) is 0 Å². The minimum absolute atomic E-state index is 0.0140. The summed E-state index contributed by atoms with van der Waals surface area (Å²) in [6, 6.07) is 6.98. The van der Waals surface area contributed by atoms with E-state index in [1.165, 1.54) is 13.1 Å². The van der Waals surface area contributed by atoms with Crippen LogP contribution in [-0.2, 0) is 9.53 Å². The molecule has 5 heteroatoms. The van der Waals surface area contributed by atoms with E-state index >= 15 is 0 Å². The molecule has 0 bridgehead atoms. The van der Waals surface area contributed by atoms with E-state index < -0.39 is 5.97 Å². The summed E-state index contributed by atoms with van der Waals surface area (Å²) in [4.78, 5) is 15.6. The number of nitrogens with zero attached hydrogens (tertiary/aromatic N) is 1. The predicted molar refractivity (Wildman–Crippen MR) is 71.0 cm³/mol. The Labute approximate surface area is 106 Å². The first-order valence-corrected chi connectivity index (χ1v) is 5.51. The van der Waals surface area contributed by atoms with E-state index in [1.54, 1.807) is 31.2 Å². The lowest BCUT2D eigenvalue weighted by Gasteiger charge is -2.03. The SMILES string of the molecule is CCOC(=O)C(C=Nc1ccccc1N)=C(C)O. The molecule has 96 valence electrons. The third kappa shape index (κ3) is 3.62. The second-order valence-electron chi connectivity index (χ2n) is 3.54. The lowest BCUT2D eigenvalue weighted by Crippen LogP contribution is -2.10. The lowest BCUT2D eigenvalue weighted by molar-refractivity contribution is -0.138. The molecule has 0 saturated heterocycles. The van der Waals surface area contributed by atoms with Crippen LogP contribution in [0.4, 0.5) is 11.4 Å². The Morgan fingerprint density at radius 1 is 1.50 bits per heavy atom.